The van der Waals surface area contributed by atoms with Crippen LogP contribution in [0.5, 0.6) is 0 Å². The average Bonchev–Trinajstić information content (AvgIpc) is 2.55. The maximum Gasteiger partial charge on any atom is 0.166 e. The average molecular weight is 228 g/mol. The zero-order chi connectivity index (χ0) is 10.4. The van der Waals surface area contributed by atoms with Crippen molar-refractivity contribution in [1.82, 2.24) is 10.6 Å². The lowest BCUT2D eigenvalue weighted by Crippen LogP contribution is -2.39. The van der Waals surface area contributed by atoms with Gasteiger partial charge in [-0.3, -0.25) is 0 Å². The molecule has 0 atom stereocenters. The van der Waals surface area contributed by atoms with Gasteiger partial charge in [-0.05, 0) is 54.9 Å². The quantitative estimate of drug-likeness (QED) is 0.772. The molecule has 2 nitrogen and oxygen atoms in total. The Bertz CT molecular complexity index is 268. The third kappa shape index (κ3) is 4.58. The second-order valence-corrected chi connectivity index (χ2v) is 4.62. The Labute approximate surface area is 94.7 Å². The monoisotopic (exact) mass is 228 g/mol. The summed E-state index contributed by atoms with van der Waals surface area (Å²) in [7, 11) is 0. The van der Waals surface area contributed by atoms with Gasteiger partial charge in [0.05, 0.1) is 0 Å². The van der Waals surface area contributed by atoms with E-state index in [0.29, 0.717) is 6.04 Å². The summed E-state index contributed by atoms with van der Waals surface area (Å²) in [5.41, 5.74) is 1.37. The molecule has 0 radical (unpaired) electrons. The Balaban J connectivity index is 2.12. The van der Waals surface area contributed by atoms with E-state index in [1.807, 2.05) is 0 Å². The van der Waals surface area contributed by atoms with Crippen LogP contribution >= 0.6 is 23.6 Å². The Morgan fingerprint density at radius 2 is 2.36 bits per heavy atom. The molecule has 4 heteroatoms. The van der Waals surface area contributed by atoms with Crippen LogP contribution in [0, 0.1) is 0 Å². The fourth-order valence-corrected chi connectivity index (χ4v) is 2.11. The maximum atomic E-state index is 5.11. The van der Waals surface area contributed by atoms with Crippen molar-refractivity contribution < 1.29 is 0 Å². The van der Waals surface area contributed by atoms with Gasteiger partial charge in [0.15, 0.2) is 5.11 Å². The van der Waals surface area contributed by atoms with Gasteiger partial charge in [-0.15, -0.1) is 0 Å². The Hall–Kier alpha value is -0.610. The molecule has 0 aliphatic heterocycles. The van der Waals surface area contributed by atoms with Crippen LogP contribution in [0.3, 0.4) is 0 Å². The van der Waals surface area contributed by atoms with Gasteiger partial charge in [0.2, 0.25) is 0 Å². The fourth-order valence-electron chi connectivity index (χ4n) is 1.07. The van der Waals surface area contributed by atoms with Crippen molar-refractivity contribution in [2.45, 2.75) is 26.3 Å². The van der Waals surface area contributed by atoms with Gasteiger partial charge in [-0.25, -0.2) is 0 Å². The van der Waals surface area contributed by atoms with Crippen molar-refractivity contribution in [3.63, 3.8) is 0 Å². The zero-order valence-electron chi connectivity index (χ0n) is 8.54. The highest BCUT2D eigenvalue weighted by Crippen LogP contribution is 2.05. The second kappa shape index (κ2) is 5.98. The lowest BCUT2D eigenvalue weighted by molar-refractivity contribution is 0.711. The lowest BCUT2D eigenvalue weighted by Gasteiger charge is -2.12. The third-order valence-corrected chi connectivity index (χ3v) is 2.69. The van der Waals surface area contributed by atoms with E-state index in [0.717, 1.165) is 18.1 Å². The van der Waals surface area contributed by atoms with Gasteiger partial charge >= 0.3 is 0 Å². The summed E-state index contributed by atoms with van der Waals surface area (Å²) in [5.74, 6) is 0. The van der Waals surface area contributed by atoms with Crippen molar-refractivity contribution in [3.8, 4) is 0 Å². The van der Waals surface area contributed by atoms with Crippen LogP contribution in [-0.2, 0) is 6.42 Å². The first-order valence-corrected chi connectivity index (χ1v) is 6.09. The summed E-state index contributed by atoms with van der Waals surface area (Å²) < 4.78 is 0. The van der Waals surface area contributed by atoms with E-state index < -0.39 is 0 Å². The largest absolute Gasteiger partial charge is 0.362 e. The molecule has 0 bridgehead atoms. The number of nitrogens with one attached hydrogen (secondary N) is 2. The van der Waals surface area contributed by atoms with Crippen LogP contribution < -0.4 is 10.6 Å². The number of hydrogen-bond donors (Lipinski definition) is 2. The predicted molar refractivity (Wildman–Crippen MR) is 66.9 cm³/mol. The molecule has 78 valence electrons. The van der Waals surface area contributed by atoms with Crippen LogP contribution in [0.1, 0.15) is 19.4 Å². The van der Waals surface area contributed by atoms with Gasteiger partial charge in [0, 0.05) is 12.6 Å². The number of thiophene rings is 1. The zero-order valence-corrected chi connectivity index (χ0v) is 10.2. The Kier molecular flexibility index (Phi) is 4.90. The van der Waals surface area contributed by atoms with E-state index in [1.54, 1.807) is 11.3 Å². The highest BCUT2D eigenvalue weighted by atomic mass is 32.1. The summed E-state index contributed by atoms with van der Waals surface area (Å²) >= 11 is 6.84. The first-order chi connectivity index (χ1) is 6.68. The summed E-state index contributed by atoms with van der Waals surface area (Å²) in [6.45, 7) is 5.05. The molecule has 0 fully saturated rings. The molecule has 0 aliphatic rings. The van der Waals surface area contributed by atoms with Crippen LogP contribution in [0.15, 0.2) is 16.8 Å². The van der Waals surface area contributed by atoms with E-state index in [4.69, 9.17) is 12.2 Å². The molecule has 0 saturated carbocycles. The minimum absolute atomic E-state index is 0.399. The Morgan fingerprint density at radius 3 is 2.93 bits per heavy atom. The molecule has 1 aromatic rings. The van der Waals surface area contributed by atoms with Gasteiger partial charge in [0.25, 0.3) is 0 Å². The van der Waals surface area contributed by atoms with Crippen molar-refractivity contribution in [3.05, 3.63) is 22.4 Å². The minimum Gasteiger partial charge on any atom is -0.362 e. The van der Waals surface area contributed by atoms with Crippen LogP contribution in [-0.4, -0.2) is 17.7 Å². The van der Waals surface area contributed by atoms with Crippen LogP contribution in [0.2, 0.25) is 0 Å². The van der Waals surface area contributed by atoms with Gasteiger partial charge < -0.3 is 10.6 Å². The number of hydrogen-bond acceptors (Lipinski definition) is 2. The third-order valence-electron chi connectivity index (χ3n) is 1.70. The summed E-state index contributed by atoms with van der Waals surface area (Å²) in [4.78, 5) is 0. The smallest absolute Gasteiger partial charge is 0.166 e. The number of rotatable bonds is 4. The van der Waals surface area contributed by atoms with Crippen LogP contribution in [0.25, 0.3) is 0 Å². The molecule has 0 aromatic carbocycles. The lowest BCUT2D eigenvalue weighted by atomic mass is 10.2. The molecule has 1 rings (SSSR count). The van der Waals surface area contributed by atoms with Crippen molar-refractivity contribution >= 4 is 28.7 Å². The molecule has 0 amide bonds. The summed E-state index contributed by atoms with van der Waals surface area (Å²) in [6.07, 6.45) is 1.03. The SMILES string of the molecule is CC(C)NC(=S)NCCc1ccsc1. The van der Waals surface area contributed by atoms with E-state index >= 15 is 0 Å². The van der Waals surface area contributed by atoms with Crippen LogP contribution in [0.4, 0.5) is 0 Å². The highest BCUT2D eigenvalue weighted by Gasteiger charge is 1.97. The summed E-state index contributed by atoms with van der Waals surface area (Å²) in [6, 6.07) is 2.54. The molecular formula is C10H16N2S2. The molecule has 0 spiro atoms. The van der Waals surface area contributed by atoms with E-state index in [-0.39, 0.29) is 0 Å². The van der Waals surface area contributed by atoms with Crippen molar-refractivity contribution in [2.75, 3.05) is 6.54 Å². The molecule has 1 heterocycles. The van der Waals surface area contributed by atoms with E-state index in [9.17, 15) is 0 Å². The van der Waals surface area contributed by atoms with Gasteiger partial charge in [-0.1, -0.05) is 0 Å². The predicted octanol–water partition coefficient (Wildman–Crippen LogP) is 2.16. The van der Waals surface area contributed by atoms with Gasteiger partial charge in [0.1, 0.15) is 0 Å². The molecule has 2 N–H and O–H groups in total. The molecule has 1 aromatic heterocycles. The van der Waals surface area contributed by atoms with Crippen molar-refractivity contribution in [1.29, 1.82) is 0 Å². The molecular weight excluding hydrogens is 212 g/mol. The number of thiocarbonyl (C=S) groups is 1. The van der Waals surface area contributed by atoms with Crippen molar-refractivity contribution in [2.24, 2.45) is 0 Å². The summed E-state index contributed by atoms with van der Waals surface area (Å²) in [5, 5.41) is 11.3. The standard InChI is InChI=1S/C10H16N2S2/c1-8(2)12-10(13)11-5-3-9-4-6-14-7-9/h4,6-8H,3,5H2,1-2H3,(H2,11,12,13). The first-order valence-electron chi connectivity index (χ1n) is 4.74. The first kappa shape index (κ1) is 11.5. The fraction of sp³-hybridized carbons (Fsp3) is 0.500. The molecule has 0 aliphatic carbocycles. The molecule has 0 unspecified atom stereocenters. The maximum absolute atomic E-state index is 5.11. The molecule has 0 saturated heterocycles. The molecule has 14 heavy (non-hydrogen) atoms. The Morgan fingerprint density at radius 1 is 1.57 bits per heavy atom. The second-order valence-electron chi connectivity index (χ2n) is 3.44. The normalized spacial score (nSPS) is 10.2. The minimum atomic E-state index is 0.399. The van der Waals surface area contributed by atoms with Gasteiger partial charge in [-0.2, -0.15) is 11.3 Å². The van der Waals surface area contributed by atoms with E-state index in [2.05, 4.69) is 41.3 Å². The topological polar surface area (TPSA) is 24.1 Å². The highest BCUT2D eigenvalue weighted by molar-refractivity contribution is 7.80. The van der Waals surface area contributed by atoms with E-state index in [1.165, 1.54) is 5.56 Å².